The Kier molecular flexibility index (Phi) is 4.72. The van der Waals surface area contributed by atoms with Gasteiger partial charge in [-0.25, -0.2) is 10.4 Å². The van der Waals surface area contributed by atoms with Crippen LogP contribution in [0.5, 0.6) is 0 Å². The fraction of sp³-hybridized carbons (Fsp3) is 0.0400. The average molecular weight is 405 g/mol. The summed E-state index contributed by atoms with van der Waals surface area (Å²) in [7, 11) is 0. The molecule has 0 bridgehead atoms. The van der Waals surface area contributed by atoms with Crippen molar-refractivity contribution in [1.29, 1.82) is 0 Å². The Morgan fingerprint density at radius 2 is 1.74 bits per heavy atom. The van der Waals surface area contributed by atoms with Gasteiger partial charge in [-0.3, -0.25) is 9.78 Å². The van der Waals surface area contributed by atoms with Gasteiger partial charge in [-0.15, -0.1) is 0 Å². The molecule has 3 heterocycles. The lowest BCUT2D eigenvalue weighted by molar-refractivity contribution is 0.0956. The molecule has 0 saturated heterocycles. The maximum atomic E-state index is 13.0. The quantitative estimate of drug-likeness (QED) is 0.331. The molecule has 0 fully saturated rings. The normalized spacial score (nSPS) is 11.4. The summed E-state index contributed by atoms with van der Waals surface area (Å²) in [6.07, 6.45) is 5.10. The molecule has 2 N–H and O–H groups in total. The lowest BCUT2D eigenvalue weighted by Crippen LogP contribution is -2.18. The van der Waals surface area contributed by atoms with Crippen LogP contribution in [0.4, 0.5) is 0 Å². The third-order valence-electron chi connectivity index (χ3n) is 5.24. The van der Waals surface area contributed by atoms with Gasteiger partial charge in [0.2, 0.25) is 0 Å². The monoisotopic (exact) mass is 405 g/mol. The molecule has 3 aromatic heterocycles. The van der Waals surface area contributed by atoms with E-state index >= 15 is 0 Å². The second-order valence-corrected chi connectivity index (χ2v) is 7.22. The molecule has 0 radical (unpaired) electrons. The number of nitrogens with one attached hydrogen (secondary N) is 2. The largest absolute Gasteiger partial charge is 0.358 e. The zero-order valence-corrected chi connectivity index (χ0v) is 16.8. The van der Waals surface area contributed by atoms with E-state index in [-0.39, 0.29) is 5.91 Å². The molecule has 150 valence electrons. The molecule has 0 saturated carbocycles. The SMILES string of the molecule is Cc1[nH]c2ccccc2c1/C=N/NC(=O)c1cc(-c2ccncc2)nc2ccccc12. The smallest absolute Gasteiger partial charge is 0.272 e. The van der Waals surface area contributed by atoms with Crippen LogP contribution in [0.3, 0.4) is 0 Å². The van der Waals surface area contributed by atoms with Gasteiger partial charge < -0.3 is 4.98 Å². The van der Waals surface area contributed by atoms with Crippen LogP contribution in [0.2, 0.25) is 0 Å². The molecule has 6 heteroatoms. The Bertz CT molecular complexity index is 1440. The fourth-order valence-corrected chi connectivity index (χ4v) is 3.71. The number of aromatic amines is 1. The number of amides is 1. The van der Waals surface area contributed by atoms with E-state index in [4.69, 9.17) is 4.98 Å². The molecule has 0 spiro atoms. The minimum atomic E-state index is -0.289. The van der Waals surface area contributed by atoms with Gasteiger partial charge >= 0.3 is 0 Å². The predicted molar refractivity (Wildman–Crippen MR) is 123 cm³/mol. The highest BCUT2D eigenvalue weighted by Gasteiger charge is 2.14. The van der Waals surface area contributed by atoms with Crippen LogP contribution in [-0.4, -0.2) is 27.1 Å². The van der Waals surface area contributed by atoms with Crippen LogP contribution in [0, 0.1) is 6.92 Å². The first-order valence-corrected chi connectivity index (χ1v) is 9.91. The van der Waals surface area contributed by atoms with Crippen LogP contribution in [0.25, 0.3) is 33.1 Å². The highest BCUT2D eigenvalue weighted by atomic mass is 16.2. The molecule has 0 aliphatic rings. The predicted octanol–water partition coefficient (Wildman–Crippen LogP) is 4.85. The Balaban J connectivity index is 1.49. The van der Waals surface area contributed by atoms with Gasteiger partial charge in [0.25, 0.3) is 5.91 Å². The number of carbonyl (C=O) groups excluding carboxylic acids is 1. The lowest BCUT2D eigenvalue weighted by Gasteiger charge is -2.09. The summed E-state index contributed by atoms with van der Waals surface area (Å²) in [6, 6.07) is 21.1. The second-order valence-electron chi connectivity index (χ2n) is 7.22. The lowest BCUT2D eigenvalue weighted by atomic mass is 10.0. The van der Waals surface area contributed by atoms with Gasteiger partial charge in [0.15, 0.2) is 0 Å². The molecule has 1 amide bonds. The minimum Gasteiger partial charge on any atom is -0.358 e. The third-order valence-corrected chi connectivity index (χ3v) is 5.24. The number of hydrogen-bond donors (Lipinski definition) is 2. The van der Waals surface area contributed by atoms with Gasteiger partial charge in [0, 0.05) is 45.5 Å². The topological polar surface area (TPSA) is 83.0 Å². The first kappa shape index (κ1) is 18.7. The Hall–Kier alpha value is -4.32. The number of carbonyl (C=O) groups is 1. The number of nitrogens with zero attached hydrogens (tertiary/aromatic N) is 3. The van der Waals surface area contributed by atoms with Gasteiger partial charge in [0.05, 0.1) is 23.0 Å². The Morgan fingerprint density at radius 3 is 2.58 bits per heavy atom. The number of pyridine rings is 2. The summed E-state index contributed by atoms with van der Waals surface area (Å²) in [4.78, 5) is 25.1. The van der Waals surface area contributed by atoms with Crippen molar-refractivity contribution < 1.29 is 4.79 Å². The number of para-hydroxylation sites is 2. The molecule has 5 aromatic rings. The van der Waals surface area contributed by atoms with Gasteiger partial charge in [0.1, 0.15) is 0 Å². The van der Waals surface area contributed by atoms with Gasteiger partial charge in [-0.05, 0) is 37.3 Å². The molecule has 5 rings (SSSR count). The van der Waals surface area contributed by atoms with E-state index in [1.807, 2.05) is 67.6 Å². The minimum absolute atomic E-state index is 0.289. The molecule has 0 aliphatic carbocycles. The maximum absolute atomic E-state index is 13.0. The zero-order chi connectivity index (χ0) is 21.2. The summed E-state index contributed by atoms with van der Waals surface area (Å²) in [5, 5.41) is 6.07. The van der Waals surface area contributed by atoms with Gasteiger partial charge in [-0.1, -0.05) is 36.4 Å². The summed E-state index contributed by atoms with van der Waals surface area (Å²) >= 11 is 0. The van der Waals surface area contributed by atoms with Crippen molar-refractivity contribution in [3.05, 3.63) is 95.9 Å². The first-order chi connectivity index (χ1) is 15.2. The zero-order valence-electron chi connectivity index (χ0n) is 16.8. The van der Waals surface area contributed by atoms with Crippen LogP contribution in [0.1, 0.15) is 21.6 Å². The van der Waals surface area contributed by atoms with Crippen LogP contribution < -0.4 is 5.43 Å². The highest BCUT2D eigenvalue weighted by Crippen LogP contribution is 2.24. The summed E-state index contributed by atoms with van der Waals surface area (Å²) in [6.45, 7) is 1.99. The number of hydrazone groups is 1. The van der Waals surface area contributed by atoms with Crippen molar-refractivity contribution in [3.8, 4) is 11.3 Å². The molecule has 2 aromatic carbocycles. The van der Waals surface area contributed by atoms with E-state index in [1.54, 1.807) is 24.7 Å². The maximum Gasteiger partial charge on any atom is 0.272 e. The van der Waals surface area contributed by atoms with Crippen LogP contribution in [0.15, 0.2) is 84.2 Å². The molecular weight excluding hydrogens is 386 g/mol. The van der Waals surface area contributed by atoms with Crippen molar-refractivity contribution >= 4 is 33.9 Å². The number of fused-ring (bicyclic) bond motifs is 2. The van der Waals surface area contributed by atoms with Crippen LogP contribution >= 0.6 is 0 Å². The number of H-pyrrole nitrogens is 1. The summed E-state index contributed by atoms with van der Waals surface area (Å²) in [5.74, 6) is -0.289. The number of hydrogen-bond acceptors (Lipinski definition) is 4. The number of benzene rings is 2. The number of rotatable bonds is 4. The van der Waals surface area contributed by atoms with Crippen molar-refractivity contribution in [2.45, 2.75) is 6.92 Å². The van der Waals surface area contributed by atoms with E-state index in [0.29, 0.717) is 11.3 Å². The second kappa shape index (κ2) is 7.84. The molecule has 0 aliphatic heterocycles. The first-order valence-electron chi connectivity index (χ1n) is 9.91. The van der Waals surface area contributed by atoms with E-state index in [0.717, 1.165) is 38.6 Å². The molecule has 0 unspecified atom stereocenters. The fourth-order valence-electron chi connectivity index (χ4n) is 3.71. The Labute approximate surface area is 178 Å². The summed E-state index contributed by atoms with van der Waals surface area (Å²) < 4.78 is 0. The van der Waals surface area contributed by atoms with Crippen molar-refractivity contribution in [2.24, 2.45) is 5.10 Å². The van der Waals surface area contributed by atoms with E-state index in [9.17, 15) is 4.79 Å². The highest BCUT2D eigenvalue weighted by molar-refractivity contribution is 6.08. The van der Waals surface area contributed by atoms with Crippen molar-refractivity contribution in [1.82, 2.24) is 20.4 Å². The van der Waals surface area contributed by atoms with Crippen LogP contribution in [-0.2, 0) is 0 Å². The molecule has 0 atom stereocenters. The third kappa shape index (κ3) is 3.55. The molecular formula is C25H19N5O. The summed E-state index contributed by atoms with van der Waals surface area (Å²) in [5.41, 5.74) is 8.53. The molecule has 31 heavy (non-hydrogen) atoms. The van der Waals surface area contributed by atoms with Crippen molar-refractivity contribution in [2.75, 3.05) is 0 Å². The average Bonchev–Trinajstić information content (AvgIpc) is 3.14. The number of aryl methyl sites for hydroxylation is 1. The number of aromatic nitrogens is 3. The van der Waals surface area contributed by atoms with Gasteiger partial charge in [-0.2, -0.15) is 5.10 Å². The Morgan fingerprint density at radius 1 is 1.00 bits per heavy atom. The van der Waals surface area contributed by atoms with Crippen molar-refractivity contribution in [3.63, 3.8) is 0 Å². The van der Waals surface area contributed by atoms with E-state index in [2.05, 4.69) is 20.5 Å². The van der Waals surface area contributed by atoms with E-state index < -0.39 is 0 Å². The standard InChI is InChI=1S/C25H19N5O/c1-16-21(19-7-3-4-8-22(19)28-16)15-27-30-25(31)20-14-24(17-10-12-26-13-11-17)29-23-9-5-2-6-18(20)23/h2-15,28H,1H3,(H,30,31)/b27-15+. The van der Waals surface area contributed by atoms with E-state index in [1.165, 1.54) is 0 Å². The molecule has 6 nitrogen and oxygen atoms in total.